The first-order valence-electron chi connectivity index (χ1n) is 13.2. The van der Waals surface area contributed by atoms with Crippen LogP contribution in [-0.2, 0) is 17.8 Å². The monoisotopic (exact) mass is 480 g/mol. The third kappa shape index (κ3) is 5.46. The molecule has 1 N–H and O–H groups in total. The maximum Gasteiger partial charge on any atom is 0.223 e. The number of carbonyl (C=O) groups is 1. The number of anilines is 1. The SMILES string of the molecule is Cc1ccccc1Cn1c(N2CCC(C(=O)N[C@H](C)CCc3ccccc3)CC2)nc2ccccc21. The molecule has 5 rings (SSSR count). The third-order valence-corrected chi connectivity index (χ3v) is 7.47. The predicted octanol–water partition coefficient (Wildman–Crippen LogP) is 5.75. The van der Waals surface area contributed by atoms with E-state index in [0.29, 0.717) is 0 Å². The number of nitrogens with zero attached hydrogens (tertiary/aromatic N) is 3. The number of imidazole rings is 1. The van der Waals surface area contributed by atoms with Crippen LogP contribution >= 0.6 is 0 Å². The molecule has 4 aromatic rings. The van der Waals surface area contributed by atoms with Crippen LogP contribution in [0.5, 0.6) is 0 Å². The van der Waals surface area contributed by atoms with Gasteiger partial charge in [0, 0.05) is 25.0 Å². The molecule has 0 aliphatic carbocycles. The van der Waals surface area contributed by atoms with Gasteiger partial charge in [0.2, 0.25) is 11.9 Å². The van der Waals surface area contributed by atoms with Gasteiger partial charge in [0.1, 0.15) is 0 Å². The maximum atomic E-state index is 13.0. The van der Waals surface area contributed by atoms with E-state index in [0.717, 1.165) is 62.3 Å². The lowest BCUT2D eigenvalue weighted by molar-refractivity contribution is -0.126. The van der Waals surface area contributed by atoms with Crippen LogP contribution in [-0.4, -0.2) is 34.6 Å². The molecule has 186 valence electrons. The van der Waals surface area contributed by atoms with Gasteiger partial charge < -0.3 is 14.8 Å². The van der Waals surface area contributed by atoms with Gasteiger partial charge in [-0.25, -0.2) is 4.98 Å². The number of aromatic nitrogens is 2. The highest BCUT2D eigenvalue weighted by Crippen LogP contribution is 2.28. The van der Waals surface area contributed by atoms with Crippen molar-refractivity contribution in [1.82, 2.24) is 14.9 Å². The van der Waals surface area contributed by atoms with Crippen molar-refractivity contribution in [2.45, 2.75) is 52.1 Å². The van der Waals surface area contributed by atoms with Gasteiger partial charge in [0.15, 0.2) is 0 Å². The summed E-state index contributed by atoms with van der Waals surface area (Å²) in [5, 5.41) is 3.27. The zero-order valence-electron chi connectivity index (χ0n) is 21.4. The Hall–Kier alpha value is -3.60. The minimum Gasteiger partial charge on any atom is -0.353 e. The molecule has 0 saturated carbocycles. The van der Waals surface area contributed by atoms with E-state index in [1.165, 1.54) is 16.7 Å². The fourth-order valence-corrected chi connectivity index (χ4v) is 5.22. The van der Waals surface area contributed by atoms with E-state index in [-0.39, 0.29) is 17.9 Å². The summed E-state index contributed by atoms with van der Waals surface area (Å²) >= 11 is 0. The largest absolute Gasteiger partial charge is 0.353 e. The third-order valence-electron chi connectivity index (χ3n) is 7.47. The Bertz CT molecular complexity index is 1300. The van der Waals surface area contributed by atoms with E-state index in [1.54, 1.807) is 0 Å². The molecule has 0 spiro atoms. The normalized spacial score (nSPS) is 15.2. The Labute approximate surface area is 214 Å². The summed E-state index contributed by atoms with van der Waals surface area (Å²) in [5.74, 6) is 1.27. The number of hydrogen-bond acceptors (Lipinski definition) is 3. The average Bonchev–Trinajstić information content (AvgIpc) is 3.28. The zero-order valence-corrected chi connectivity index (χ0v) is 21.4. The van der Waals surface area contributed by atoms with Gasteiger partial charge in [-0.1, -0.05) is 66.7 Å². The number of nitrogens with one attached hydrogen (secondary N) is 1. The van der Waals surface area contributed by atoms with Gasteiger partial charge in [-0.05, 0) is 68.4 Å². The Kier molecular flexibility index (Phi) is 7.36. The molecule has 2 heterocycles. The van der Waals surface area contributed by atoms with Crippen LogP contribution in [0.1, 0.15) is 42.9 Å². The van der Waals surface area contributed by atoms with E-state index in [2.05, 4.69) is 95.4 Å². The highest BCUT2D eigenvalue weighted by Gasteiger charge is 2.28. The van der Waals surface area contributed by atoms with Crippen molar-refractivity contribution in [2.75, 3.05) is 18.0 Å². The van der Waals surface area contributed by atoms with E-state index in [4.69, 9.17) is 4.98 Å². The van der Waals surface area contributed by atoms with Gasteiger partial charge in [-0.15, -0.1) is 0 Å². The second-order valence-corrected chi connectivity index (χ2v) is 10.1. The smallest absolute Gasteiger partial charge is 0.223 e. The Morgan fingerprint density at radius 3 is 2.44 bits per heavy atom. The molecule has 1 atom stereocenters. The number of piperidine rings is 1. The molecular weight excluding hydrogens is 444 g/mol. The number of aryl methyl sites for hydroxylation is 2. The van der Waals surface area contributed by atoms with Crippen LogP contribution in [0.3, 0.4) is 0 Å². The summed E-state index contributed by atoms with van der Waals surface area (Å²) in [6, 6.07) is 27.6. The first-order chi connectivity index (χ1) is 17.6. The van der Waals surface area contributed by atoms with Gasteiger partial charge >= 0.3 is 0 Å². The molecule has 0 radical (unpaired) electrons. The zero-order chi connectivity index (χ0) is 24.9. The summed E-state index contributed by atoms with van der Waals surface area (Å²) in [5.41, 5.74) is 6.09. The van der Waals surface area contributed by atoms with Crippen molar-refractivity contribution in [1.29, 1.82) is 0 Å². The lowest BCUT2D eigenvalue weighted by Crippen LogP contribution is -2.43. The van der Waals surface area contributed by atoms with E-state index in [1.807, 2.05) is 12.1 Å². The first-order valence-corrected chi connectivity index (χ1v) is 13.2. The Balaban J connectivity index is 1.23. The van der Waals surface area contributed by atoms with Crippen LogP contribution in [0, 0.1) is 12.8 Å². The van der Waals surface area contributed by atoms with Gasteiger partial charge in [-0.3, -0.25) is 4.79 Å². The minimum absolute atomic E-state index is 0.0645. The second kappa shape index (κ2) is 11.0. The summed E-state index contributed by atoms with van der Waals surface area (Å²) in [6.07, 6.45) is 3.64. The van der Waals surface area contributed by atoms with Crippen molar-refractivity contribution in [2.24, 2.45) is 5.92 Å². The molecule has 1 amide bonds. The lowest BCUT2D eigenvalue weighted by atomic mass is 9.95. The Morgan fingerprint density at radius 1 is 0.972 bits per heavy atom. The van der Waals surface area contributed by atoms with E-state index >= 15 is 0 Å². The molecule has 3 aromatic carbocycles. The molecule has 1 aliphatic heterocycles. The van der Waals surface area contributed by atoms with E-state index < -0.39 is 0 Å². The number of benzene rings is 3. The van der Waals surface area contributed by atoms with Crippen molar-refractivity contribution in [3.63, 3.8) is 0 Å². The molecule has 1 aliphatic rings. The highest BCUT2D eigenvalue weighted by atomic mass is 16.1. The molecule has 1 fully saturated rings. The molecule has 1 saturated heterocycles. The first kappa shape index (κ1) is 24.1. The van der Waals surface area contributed by atoms with Crippen LogP contribution < -0.4 is 10.2 Å². The van der Waals surface area contributed by atoms with Crippen molar-refractivity contribution < 1.29 is 4.79 Å². The number of fused-ring (bicyclic) bond motifs is 1. The molecule has 36 heavy (non-hydrogen) atoms. The molecule has 0 unspecified atom stereocenters. The fourth-order valence-electron chi connectivity index (χ4n) is 5.22. The maximum absolute atomic E-state index is 13.0. The van der Waals surface area contributed by atoms with Crippen LogP contribution in [0.4, 0.5) is 5.95 Å². The summed E-state index contributed by atoms with van der Waals surface area (Å²) in [6.45, 7) is 6.76. The number of hydrogen-bond donors (Lipinski definition) is 1. The topological polar surface area (TPSA) is 50.2 Å². The minimum atomic E-state index is 0.0645. The summed E-state index contributed by atoms with van der Waals surface area (Å²) in [7, 11) is 0. The highest BCUT2D eigenvalue weighted by molar-refractivity contribution is 5.80. The molecule has 0 bridgehead atoms. The van der Waals surface area contributed by atoms with E-state index in [9.17, 15) is 4.79 Å². The van der Waals surface area contributed by atoms with Crippen LogP contribution in [0.15, 0.2) is 78.9 Å². The summed E-state index contributed by atoms with van der Waals surface area (Å²) in [4.78, 5) is 20.4. The van der Waals surface area contributed by atoms with Gasteiger partial charge in [0.05, 0.1) is 17.6 Å². The van der Waals surface area contributed by atoms with Crippen molar-refractivity contribution in [3.05, 3.63) is 95.6 Å². The number of para-hydroxylation sites is 2. The molecule has 5 heteroatoms. The quantitative estimate of drug-likeness (QED) is 0.350. The molecule has 1 aromatic heterocycles. The predicted molar refractivity (Wildman–Crippen MR) is 147 cm³/mol. The fraction of sp³-hybridized carbons (Fsp3) is 0.355. The van der Waals surface area contributed by atoms with Crippen molar-refractivity contribution in [3.8, 4) is 0 Å². The Morgan fingerprint density at radius 2 is 1.67 bits per heavy atom. The lowest BCUT2D eigenvalue weighted by Gasteiger charge is -2.33. The molecular formula is C31H36N4O. The van der Waals surface area contributed by atoms with Gasteiger partial charge in [0.25, 0.3) is 0 Å². The molecule has 5 nitrogen and oxygen atoms in total. The number of carbonyl (C=O) groups excluding carboxylic acids is 1. The van der Waals surface area contributed by atoms with Gasteiger partial charge in [-0.2, -0.15) is 0 Å². The van der Waals surface area contributed by atoms with Crippen LogP contribution in [0.25, 0.3) is 11.0 Å². The average molecular weight is 481 g/mol. The van der Waals surface area contributed by atoms with Crippen LogP contribution in [0.2, 0.25) is 0 Å². The van der Waals surface area contributed by atoms with Crippen molar-refractivity contribution >= 4 is 22.9 Å². The number of rotatable bonds is 8. The standard InChI is InChI=1S/C31H36N4O/c1-23-10-6-7-13-27(23)22-35-29-15-9-8-14-28(29)33-31(35)34-20-18-26(19-21-34)30(36)32-24(2)16-17-25-11-4-3-5-12-25/h3-15,24,26H,16-22H2,1-2H3,(H,32,36)/t24-/m1/s1. The second-order valence-electron chi connectivity index (χ2n) is 10.1. The summed E-state index contributed by atoms with van der Waals surface area (Å²) < 4.78 is 2.34. The number of amides is 1.